The van der Waals surface area contributed by atoms with E-state index in [1.54, 1.807) is 0 Å². The SMILES string of the molecule is CNCC(C)C(=O)N1CCCC(C)(C)C1. The van der Waals surface area contributed by atoms with Crippen LogP contribution in [0.5, 0.6) is 0 Å². The molecule has 1 saturated heterocycles. The van der Waals surface area contributed by atoms with Crippen LogP contribution in [-0.4, -0.2) is 37.5 Å². The summed E-state index contributed by atoms with van der Waals surface area (Å²) in [5.41, 5.74) is 0.299. The normalized spacial score (nSPS) is 22.5. The molecule has 1 fully saturated rings. The van der Waals surface area contributed by atoms with Gasteiger partial charge in [-0.25, -0.2) is 0 Å². The van der Waals surface area contributed by atoms with E-state index in [-0.39, 0.29) is 5.92 Å². The van der Waals surface area contributed by atoms with Crippen LogP contribution >= 0.6 is 0 Å². The van der Waals surface area contributed by atoms with E-state index in [2.05, 4.69) is 19.2 Å². The molecule has 1 amide bonds. The molecule has 1 unspecified atom stereocenters. The monoisotopic (exact) mass is 212 g/mol. The Labute approximate surface area is 93.2 Å². The maximum Gasteiger partial charge on any atom is 0.226 e. The number of likely N-dealkylation sites (tertiary alicyclic amines) is 1. The number of piperidine rings is 1. The molecule has 1 heterocycles. The van der Waals surface area contributed by atoms with E-state index in [0.717, 1.165) is 26.1 Å². The molecular weight excluding hydrogens is 188 g/mol. The average molecular weight is 212 g/mol. The summed E-state index contributed by atoms with van der Waals surface area (Å²) in [6.45, 7) is 9.12. The highest BCUT2D eigenvalue weighted by Gasteiger charge is 2.30. The predicted octanol–water partition coefficient (Wildman–Crippen LogP) is 1.49. The van der Waals surface area contributed by atoms with Crippen LogP contribution in [0.25, 0.3) is 0 Å². The van der Waals surface area contributed by atoms with Gasteiger partial charge in [-0.15, -0.1) is 0 Å². The van der Waals surface area contributed by atoms with Gasteiger partial charge in [0.05, 0.1) is 0 Å². The molecule has 1 N–H and O–H groups in total. The first-order chi connectivity index (χ1) is 6.96. The summed E-state index contributed by atoms with van der Waals surface area (Å²) in [6, 6.07) is 0. The van der Waals surface area contributed by atoms with Crippen LogP contribution in [0.3, 0.4) is 0 Å². The third-order valence-corrected chi connectivity index (χ3v) is 3.14. The number of nitrogens with one attached hydrogen (secondary N) is 1. The molecule has 0 radical (unpaired) electrons. The molecule has 0 aromatic heterocycles. The fraction of sp³-hybridized carbons (Fsp3) is 0.917. The zero-order chi connectivity index (χ0) is 11.5. The molecule has 0 aliphatic carbocycles. The van der Waals surface area contributed by atoms with Gasteiger partial charge in [-0.05, 0) is 25.3 Å². The summed E-state index contributed by atoms with van der Waals surface area (Å²) in [4.78, 5) is 14.1. The Morgan fingerprint density at radius 3 is 2.73 bits per heavy atom. The molecule has 15 heavy (non-hydrogen) atoms. The van der Waals surface area contributed by atoms with E-state index in [4.69, 9.17) is 0 Å². The lowest BCUT2D eigenvalue weighted by Crippen LogP contribution is -2.46. The Morgan fingerprint density at radius 2 is 2.20 bits per heavy atom. The van der Waals surface area contributed by atoms with Crippen molar-refractivity contribution in [2.24, 2.45) is 11.3 Å². The Morgan fingerprint density at radius 1 is 1.53 bits per heavy atom. The number of carbonyl (C=O) groups is 1. The van der Waals surface area contributed by atoms with Gasteiger partial charge in [0.2, 0.25) is 5.91 Å². The van der Waals surface area contributed by atoms with Crippen molar-refractivity contribution in [1.82, 2.24) is 10.2 Å². The zero-order valence-corrected chi connectivity index (χ0v) is 10.5. The van der Waals surface area contributed by atoms with Crippen LogP contribution in [-0.2, 0) is 4.79 Å². The Bertz CT molecular complexity index is 226. The second kappa shape index (κ2) is 4.97. The highest BCUT2D eigenvalue weighted by Crippen LogP contribution is 2.28. The van der Waals surface area contributed by atoms with E-state index < -0.39 is 0 Å². The first kappa shape index (κ1) is 12.5. The highest BCUT2D eigenvalue weighted by molar-refractivity contribution is 5.78. The third-order valence-electron chi connectivity index (χ3n) is 3.14. The van der Waals surface area contributed by atoms with Crippen LogP contribution in [0.4, 0.5) is 0 Å². The summed E-state index contributed by atoms with van der Waals surface area (Å²) < 4.78 is 0. The van der Waals surface area contributed by atoms with Crippen molar-refractivity contribution in [3.05, 3.63) is 0 Å². The minimum atomic E-state index is 0.101. The summed E-state index contributed by atoms with van der Waals surface area (Å²) in [5, 5.41) is 3.06. The molecule has 0 spiro atoms. The van der Waals surface area contributed by atoms with Gasteiger partial charge in [0.25, 0.3) is 0 Å². The van der Waals surface area contributed by atoms with Gasteiger partial charge in [0.15, 0.2) is 0 Å². The molecule has 0 bridgehead atoms. The minimum Gasteiger partial charge on any atom is -0.342 e. The van der Waals surface area contributed by atoms with Gasteiger partial charge in [0, 0.05) is 25.6 Å². The molecule has 1 atom stereocenters. The summed E-state index contributed by atoms with van der Waals surface area (Å²) >= 11 is 0. The maximum atomic E-state index is 12.1. The largest absolute Gasteiger partial charge is 0.342 e. The van der Waals surface area contributed by atoms with Crippen LogP contribution < -0.4 is 5.32 Å². The molecule has 88 valence electrons. The first-order valence-electron chi connectivity index (χ1n) is 5.90. The van der Waals surface area contributed by atoms with Crippen molar-refractivity contribution in [3.8, 4) is 0 Å². The van der Waals surface area contributed by atoms with Crippen molar-refractivity contribution >= 4 is 5.91 Å². The Hall–Kier alpha value is -0.570. The van der Waals surface area contributed by atoms with Crippen LogP contribution in [0.15, 0.2) is 0 Å². The molecule has 1 aliphatic heterocycles. The number of rotatable bonds is 3. The quantitative estimate of drug-likeness (QED) is 0.768. The number of amides is 1. The van der Waals surface area contributed by atoms with Gasteiger partial charge in [-0.2, -0.15) is 0 Å². The van der Waals surface area contributed by atoms with Gasteiger partial charge >= 0.3 is 0 Å². The summed E-state index contributed by atoms with van der Waals surface area (Å²) in [5.74, 6) is 0.404. The second-order valence-corrected chi connectivity index (χ2v) is 5.49. The summed E-state index contributed by atoms with van der Waals surface area (Å²) in [6.07, 6.45) is 2.38. The molecule has 0 aromatic rings. The maximum absolute atomic E-state index is 12.1. The van der Waals surface area contributed by atoms with E-state index in [1.807, 2.05) is 18.9 Å². The lowest BCUT2D eigenvalue weighted by atomic mass is 9.84. The van der Waals surface area contributed by atoms with E-state index >= 15 is 0 Å². The van der Waals surface area contributed by atoms with Crippen LogP contribution in [0.1, 0.15) is 33.6 Å². The predicted molar refractivity (Wildman–Crippen MR) is 62.7 cm³/mol. The van der Waals surface area contributed by atoms with Crippen molar-refractivity contribution in [1.29, 1.82) is 0 Å². The van der Waals surface area contributed by atoms with Crippen molar-refractivity contribution < 1.29 is 4.79 Å². The Kier molecular flexibility index (Phi) is 4.14. The smallest absolute Gasteiger partial charge is 0.226 e. The third kappa shape index (κ3) is 3.49. The molecule has 3 heteroatoms. The lowest BCUT2D eigenvalue weighted by Gasteiger charge is -2.39. The van der Waals surface area contributed by atoms with Gasteiger partial charge in [-0.3, -0.25) is 4.79 Å². The number of nitrogens with zero attached hydrogens (tertiary/aromatic N) is 1. The topological polar surface area (TPSA) is 32.3 Å². The Balaban J connectivity index is 2.52. The van der Waals surface area contributed by atoms with E-state index in [1.165, 1.54) is 6.42 Å². The standard InChI is InChI=1S/C12H24N2O/c1-10(8-13-4)11(15)14-7-5-6-12(2,3)9-14/h10,13H,5-9H2,1-4H3. The number of hydrogen-bond donors (Lipinski definition) is 1. The molecule has 0 aromatic carbocycles. The zero-order valence-electron chi connectivity index (χ0n) is 10.5. The van der Waals surface area contributed by atoms with Crippen LogP contribution in [0.2, 0.25) is 0 Å². The van der Waals surface area contributed by atoms with E-state index in [0.29, 0.717) is 11.3 Å². The fourth-order valence-corrected chi connectivity index (χ4v) is 2.32. The van der Waals surface area contributed by atoms with Gasteiger partial charge < -0.3 is 10.2 Å². The number of hydrogen-bond acceptors (Lipinski definition) is 2. The van der Waals surface area contributed by atoms with Crippen molar-refractivity contribution in [3.63, 3.8) is 0 Å². The van der Waals surface area contributed by atoms with Crippen molar-refractivity contribution in [2.45, 2.75) is 33.6 Å². The molecule has 1 rings (SSSR count). The van der Waals surface area contributed by atoms with E-state index in [9.17, 15) is 4.79 Å². The van der Waals surface area contributed by atoms with Gasteiger partial charge in [-0.1, -0.05) is 20.8 Å². The lowest BCUT2D eigenvalue weighted by molar-refractivity contribution is -0.137. The first-order valence-corrected chi connectivity index (χ1v) is 5.90. The van der Waals surface area contributed by atoms with Gasteiger partial charge in [0.1, 0.15) is 0 Å². The minimum absolute atomic E-state index is 0.101. The molecule has 1 aliphatic rings. The average Bonchev–Trinajstić information content (AvgIpc) is 2.15. The van der Waals surface area contributed by atoms with Crippen molar-refractivity contribution in [2.75, 3.05) is 26.7 Å². The fourth-order valence-electron chi connectivity index (χ4n) is 2.32. The highest BCUT2D eigenvalue weighted by atomic mass is 16.2. The van der Waals surface area contributed by atoms with Crippen LogP contribution in [0, 0.1) is 11.3 Å². The molecule has 0 saturated carbocycles. The number of carbonyl (C=O) groups excluding carboxylic acids is 1. The second-order valence-electron chi connectivity index (χ2n) is 5.49. The molecule has 3 nitrogen and oxygen atoms in total. The summed E-state index contributed by atoms with van der Waals surface area (Å²) in [7, 11) is 1.89. The molecular formula is C12H24N2O.